The number of amides is 1. The lowest BCUT2D eigenvalue weighted by molar-refractivity contribution is -0.123. The van der Waals surface area contributed by atoms with E-state index in [4.69, 9.17) is 25.5 Å². The Kier molecular flexibility index (Phi) is 5.09. The average molecular weight is 440 g/mol. The van der Waals surface area contributed by atoms with Crippen molar-refractivity contribution in [1.82, 2.24) is 5.32 Å². The van der Waals surface area contributed by atoms with Gasteiger partial charge in [0.15, 0.2) is 11.3 Å². The molecule has 1 aliphatic carbocycles. The van der Waals surface area contributed by atoms with Crippen molar-refractivity contribution < 1.29 is 18.7 Å². The summed E-state index contributed by atoms with van der Waals surface area (Å²) in [5.74, 6) is 2.40. The molecule has 5 nitrogen and oxygen atoms in total. The van der Waals surface area contributed by atoms with Gasteiger partial charge in [0, 0.05) is 28.8 Å². The van der Waals surface area contributed by atoms with Gasteiger partial charge in [0.1, 0.15) is 17.1 Å². The van der Waals surface area contributed by atoms with E-state index in [1.807, 2.05) is 37.3 Å². The van der Waals surface area contributed by atoms with Crippen molar-refractivity contribution in [3.63, 3.8) is 0 Å². The van der Waals surface area contributed by atoms with Crippen LogP contribution in [0.4, 0.5) is 0 Å². The van der Waals surface area contributed by atoms with E-state index in [9.17, 15) is 4.79 Å². The van der Waals surface area contributed by atoms with Crippen LogP contribution in [0, 0.1) is 6.92 Å². The van der Waals surface area contributed by atoms with Gasteiger partial charge in [-0.25, -0.2) is 0 Å². The Morgan fingerprint density at radius 2 is 2.10 bits per heavy atom. The fourth-order valence-electron chi connectivity index (χ4n) is 4.78. The molecule has 2 heterocycles. The summed E-state index contributed by atoms with van der Waals surface area (Å²) in [6, 6.07) is 11.6. The van der Waals surface area contributed by atoms with Crippen LogP contribution >= 0.6 is 11.6 Å². The minimum absolute atomic E-state index is 0.0229. The van der Waals surface area contributed by atoms with Gasteiger partial charge in [-0.1, -0.05) is 11.6 Å². The Bertz CT molecular complexity index is 1150. The first-order valence-electron chi connectivity index (χ1n) is 10.8. The fourth-order valence-corrected chi connectivity index (χ4v) is 4.96. The first-order valence-corrected chi connectivity index (χ1v) is 11.2. The smallest absolute Gasteiger partial charge is 0.220 e. The zero-order chi connectivity index (χ0) is 21.6. The Morgan fingerprint density at radius 1 is 1.26 bits per heavy atom. The van der Waals surface area contributed by atoms with Gasteiger partial charge in [0.2, 0.25) is 5.91 Å². The first-order chi connectivity index (χ1) is 14.9. The zero-order valence-electron chi connectivity index (χ0n) is 17.8. The van der Waals surface area contributed by atoms with Crippen molar-refractivity contribution in [2.45, 2.75) is 57.1 Å². The number of hydrogen-bond donors (Lipinski definition) is 1. The van der Waals surface area contributed by atoms with E-state index >= 15 is 0 Å². The predicted molar refractivity (Wildman–Crippen MR) is 120 cm³/mol. The number of carbonyl (C=O) groups excluding carboxylic acids is 1. The molecule has 0 bridgehead atoms. The molecule has 2 aliphatic rings. The molecule has 1 amide bonds. The van der Waals surface area contributed by atoms with Crippen LogP contribution in [0.3, 0.4) is 0 Å². The molecule has 1 atom stereocenters. The first kappa shape index (κ1) is 20.3. The van der Waals surface area contributed by atoms with E-state index in [0.29, 0.717) is 23.6 Å². The summed E-state index contributed by atoms with van der Waals surface area (Å²) >= 11 is 6.23. The van der Waals surface area contributed by atoms with Gasteiger partial charge in [-0.2, -0.15) is 0 Å². The number of halogens is 1. The van der Waals surface area contributed by atoms with Crippen molar-refractivity contribution in [3.05, 3.63) is 58.3 Å². The van der Waals surface area contributed by atoms with Crippen LogP contribution < -0.4 is 14.8 Å². The minimum atomic E-state index is -0.143. The molecule has 0 radical (unpaired) electrons. The maximum absolute atomic E-state index is 12.9. The number of fused-ring (bicyclic) bond motifs is 2. The van der Waals surface area contributed by atoms with E-state index in [0.717, 1.165) is 52.9 Å². The normalized spacial score (nSPS) is 18.9. The summed E-state index contributed by atoms with van der Waals surface area (Å²) in [4.78, 5) is 12.9. The largest absolute Gasteiger partial charge is 0.493 e. The summed E-state index contributed by atoms with van der Waals surface area (Å²) in [7, 11) is 1.63. The van der Waals surface area contributed by atoms with Crippen LogP contribution in [-0.4, -0.2) is 18.6 Å². The van der Waals surface area contributed by atoms with E-state index in [1.165, 1.54) is 6.42 Å². The third-order valence-electron chi connectivity index (χ3n) is 6.48. The number of benzene rings is 2. The molecule has 1 fully saturated rings. The number of furan rings is 1. The third-order valence-corrected chi connectivity index (χ3v) is 6.71. The number of ether oxygens (including phenoxy) is 2. The summed E-state index contributed by atoms with van der Waals surface area (Å²) in [6.45, 7) is 1.92. The van der Waals surface area contributed by atoms with Crippen LogP contribution in [0.1, 0.15) is 55.0 Å². The molecule has 31 heavy (non-hydrogen) atoms. The lowest BCUT2D eigenvalue weighted by Gasteiger charge is -2.48. The molecular weight excluding hydrogens is 414 g/mol. The second-order valence-corrected chi connectivity index (χ2v) is 9.15. The van der Waals surface area contributed by atoms with Crippen molar-refractivity contribution in [2.75, 3.05) is 7.11 Å². The van der Waals surface area contributed by atoms with Gasteiger partial charge in [-0.3, -0.25) is 4.79 Å². The lowest BCUT2D eigenvalue weighted by Crippen LogP contribution is -2.49. The Morgan fingerprint density at radius 3 is 2.84 bits per heavy atom. The topological polar surface area (TPSA) is 60.7 Å². The number of aryl methyl sites for hydroxylation is 2. The van der Waals surface area contributed by atoms with Gasteiger partial charge in [0.25, 0.3) is 0 Å². The monoisotopic (exact) mass is 439 g/mol. The van der Waals surface area contributed by atoms with Crippen molar-refractivity contribution in [2.24, 2.45) is 0 Å². The van der Waals surface area contributed by atoms with Gasteiger partial charge >= 0.3 is 0 Å². The van der Waals surface area contributed by atoms with E-state index < -0.39 is 0 Å². The SMILES string of the molecule is COc1cc(CCC(=O)N[C@@H]2CC3(CCC3)Oc3ccc(Cl)cc32)cc2cc(C)oc12. The van der Waals surface area contributed by atoms with Crippen LogP contribution in [0.2, 0.25) is 5.02 Å². The molecule has 5 rings (SSSR count). The lowest BCUT2D eigenvalue weighted by atomic mass is 9.73. The van der Waals surface area contributed by atoms with Gasteiger partial charge in [-0.05, 0) is 74.6 Å². The highest BCUT2D eigenvalue weighted by Crippen LogP contribution is 2.49. The van der Waals surface area contributed by atoms with Crippen LogP contribution in [0.15, 0.2) is 40.8 Å². The zero-order valence-corrected chi connectivity index (χ0v) is 18.6. The number of rotatable bonds is 5. The highest BCUT2D eigenvalue weighted by atomic mass is 35.5. The second-order valence-electron chi connectivity index (χ2n) is 8.72. The van der Waals surface area contributed by atoms with E-state index in [2.05, 4.69) is 11.4 Å². The Hall–Kier alpha value is -2.66. The molecule has 1 aliphatic heterocycles. The van der Waals surface area contributed by atoms with Crippen LogP contribution in [0.25, 0.3) is 11.0 Å². The molecule has 1 spiro atoms. The van der Waals surface area contributed by atoms with Crippen LogP contribution in [0.5, 0.6) is 11.5 Å². The standard InChI is InChI=1S/C25H26ClNO4/c1-15-10-17-11-16(12-22(29-2)24(17)30-15)4-7-23(28)27-20-14-25(8-3-9-25)31-21-6-5-18(26)13-19(20)21/h5-6,10-13,20H,3-4,7-9,14H2,1-2H3,(H,27,28)/t20-/m1/s1. The molecule has 3 aromatic rings. The maximum atomic E-state index is 12.9. The van der Waals surface area contributed by atoms with Crippen molar-refractivity contribution in [3.8, 4) is 11.5 Å². The molecule has 6 heteroatoms. The predicted octanol–water partition coefficient (Wildman–Crippen LogP) is 5.90. The third kappa shape index (κ3) is 3.87. The molecule has 2 aromatic carbocycles. The average Bonchev–Trinajstić information content (AvgIpc) is 3.10. The quantitative estimate of drug-likeness (QED) is 0.537. The molecular formula is C25H26ClNO4. The van der Waals surface area contributed by atoms with Crippen molar-refractivity contribution in [1.29, 1.82) is 0 Å². The molecule has 0 saturated heterocycles. The number of hydrogen-bond acceptors (Lipinski definition) is 4. The highest BCUT2D eigenvalue weighted by Gasteiger charge is 2.45. The number of methoxy groups -OCH3 is 1. The summed E-state index contributed by atoms with van der Waals surface area (Å²) in [6.07, 6.45) is 5.04. The fraction of sp³-hybridized carbons (Fsp3) is 0.400. The van der Waals surface area contributed by atoms with Gasteiger partial charge in [0.05, 0.1) is 13.2 Å². The van der Waals surface area contributed by atoms with Crippen LogP contribution in [-0.2, 0) is 11.2 Å². The number of carbonyl (C=O) groups is 1. The van der Waals surface area contributed by atoms with Gasteiger partial charge in [-0.15, -0.1) is 0 Å². The minimum Gasteiger partial charge on any atom is -0.493 e. The maximum Gasteiger partial charge on any atom is 0.220 e. The summed E-state index contributed by atoms with van der Waals surface area (Å²) < 4.78 is 17.5. The van der Waals surface area contributed by atoms with Crippen molar-refractivity contribution >= 4 is 28.5 Å². The number of nitrogens with one attached hydrogen (secondary N) is 1. The second kappa shape index (κ2) is 7.79. The molecule has 1 saturated carbocycles. The molecule has 1 N–H and O–H groups in total. The summed E-state index contributed by atoms with van der Waals surface area (Å²) in [5, 5.41) is 4.89. The Balaban J connectivity index is 1.31. The molecule has 0 unspecified atom stereocenters. The molecule has 1 aromatic heterocycles. The van der Waals surface area contributed by atoms with E-state index in [1.54, 1.807) is 7.11 Å². The highest BCUT2D eigenvalue weighted by molar-refractivity contribution is 6.30. The van der Waals surface area contributed by atoms with E-state index in [-0.39, 0.29) is 17.6 Å². The summed E-state index contributed by atoms with van der Waals surface area (Å²) in [5.41, 5.74) is 2.62. The van der Waals surface area contributed by atoms with Gasteiger partial charge < -0.3 is 19.2 Å². The Labute approximate surface area is 186 Å². The molecule has 162 valence electrons.